The molecule has 0 aliphatic heterocycles. The molecule has 0 aliphatic carbocycles. The van der Waals surface area contributed by atoms with Crippen LogP contribution in [-0.4, -0.2) is 61.4 Å². The highest BCUT2D eigenvalue weighted by atomic mass is 16.6. The van der Waals surface area contributed by atoms with Gasteiger partial charge < -0.3 is 10.6 Å². The number of aromatic nitrogens is 6. The lowest BCUT2D eigenvalue weighted by molar-refractivity contribution is 0.0948. The van der Waals surface area contributed by atoms with Crippen LogP contribution in [0.5, 0.6) is 0 Å². The SMILES string of the molecule is CN(C)Cc1c(C(=O)N/N=C\c2cccnc2)nnn1-c1nonc1N. The summed E-state index contributed by atoms with van der Waals surface area (Å²) in [5, 5.41) is 19.0. The fourth-order valence-electron chi connectivity index (χ4n) is 2.10. The number of hydrogen-bond acceptors (Lipinski definition) is 10. The summed E-state index contributed by atoms with van der Waals surface area (Å²) in [5.74, 6) is -0.327. The van der Waals surface area contributed by atoms with Gasteiger partial charge in [-0.05, 0) is 30.5 Å². The van der Waals surface area contributed by atoms with Crippen molar-refractivity contribution in [2.75, 3.05) is 19.8 Å². The van der Waals surface area contributed by atoms with Crippen LogP contribution in [0, 0.1) is 0 Å². The van der Waals surface area contributed by atoms with E-state index in [0.29, 0.717) is 12.2 Å². The number of nitrogens with one attached hydrogen (secondary N) is 1. The Balaban J connectivity index is 1.84. The Morgan fingerprint density at radius 2 is 2.31 bits per heavy atom. The Labute approximate surface area is 147 Å². The van der Waals surface area contributed by atoms with Crippen LogP contribution in [0.3, 0.4) is 0 Å². The molecule has 0 unspecified atom stereocenters. The number of nitrogens with zero attached hydrogens (tertiary/aromatic N) is 8. The monoisotopic (exact) mass is 356 g/mol. The molecule has 1 amide bonds. The molecule has 0 saturated heterocycles. The lowest BCUT2D eigenvalue weighted by Crippen LogP contribution is -2.23. The molecule has 3 N–H and O–H groups in total. The molecule has 0 aliphatic rings. The third-order valence-electron chi connectivity index (χ3n) is 3.20. The van der Waals surface area contributed by atoms with Gasteiger partial charge in [-0.1, -0.05) is 11.3 Å². The molecule has 3 aromatic rings. The van der Waals surface area contributed by atoms with Crippen molar-refractivity contribution in [3.8, 4) is 5.82 Å². The highest BCUT2D eigenvalue weighted by Gasteiger charge is 2.24. The molecule has 134 valence electrons. The number of amides is 1. The van der Waals surface area contributed by atoms with E-state index in [1.165, 1.54) is 10.9 Å². The largest absolute Gasteiger partial charge is 0.378 e. The van der Waals surface area contributed by atoms with Crippen molar-refractivity contribution < 1.29 is 9.42 Å². The molecule has 12 nitrogen and oxygen atoms in total. The van der Waals surface area contributed by atoms with Crippen molar-refractivity contribution in [1.82, 2.24) is 40.6 Å². The maximum Gasteiger partial charge on any atom is 0.293 e. The number of carbonyl (C=O) groups is 1. The van der Waals surface area contributed by atoms with Gasteiger partial charge in [0.15, 0.2) is 5.69 Å². The Morgan fingerprint density at radius 3 is 2.96 bits per heavy atom. The number of nitrogen functional groups attached to an aromatic ring is 1. The molecule has 0 bridgehead atoms. The number of anilines is 1. The summed E-state index contributed by atoms with van der Waals surface area (Å²) >= 11 is 0. The van der Waals surface area contributed by atoms with Gasteiger partial charge in [-0.25, -0.2) is 10.1 Å². The van der Waals surface area contributed by atoms with Crippen LogP contribution in [0.4, 0.5) is 5.82 Å². The number of nitrogens with two attached hydrogens (primary N) is 1. The Hall–Kier alpha value is -3.67. The molecule has 0 radical (unpaired) electrons. The number of rotatable bonds is 6. The van der Waals surface area contributed by atoms with Gasteiger partial charge >= 0.3 is 0 Å². The molecule has 3 heterocycles. The van der Waals surface area contributed by atoms with E-state index in [1.54, 1.807) is 24.5 Å². The van der Waals surface area contributed by atoms with E-state index in [-0.39, 0.29) is 17.3 Å². The second kappa shape index (κ2) is 7.48. The minimum atomic E-state index is -0.525. The summed E-state index contributed by atoms with van der Waals surface area (Å²) in [7, 11) is 3.67. The molecule has 3 rings (SSSR count). The molecular formula is C14H16N10O2. The van der Waals surface area contributed by atoms with Crippen molar-refractivity contribution in [2.45, 2.75) is 6.54 Å². The van der Waals surface area contributed by atoms with E-state index >= 15 is 0 Å². The maximum atomic E-state index is 12.4. The molecular weight excluding hydrogens is 340 g/mol. The molecule has 0 spiro atoms. The number of hydrogen-bond donors (Lipinski definition) is 2. The first-order chi connectivity index (χ1) is 12.6. The van der Waals surface area contributed by atoms with Crippen molar-refractivity contribution >= 4 is 17.9 Å². The summed E-state index contributed by atoms with van der Waals surface area (Å²) in [4.78, 5) is 18.2. The van der Waals surface area contributed by atoms with E-state index < -0.39 is 5.91 Å². The van der Waals surface area contributed by atoms with Gasteiger partial charge in [0.05, 0.1) is 11.9 Å². The first-order valence-electron chi connectivity index (χ1n) is 7.47. The van der Waals surface area contributed by atoms with Gasteiger partial charge in [0.25, 0.3) is 5.91 Å². The highest BCUT2D eigenvalue weighted by Crippen LogP contribution is 2.16. The first-order valence-corrected chi connectivity index (χ1v) is 7.47. The minimum Gasteiger partial charge on any atom is -0.378 e. The van der Waals surface area contributed by atoms with Gasteiger partial charge in [-0.3, -0.25) is 9.78 Å². The van der Waals surface area contributed by atoms with Gasteiger partial charge in [-0.15, -0.1) is 5.10 Å². The zero-order valence-corrected chi connectivity index (χ0v) is 14.1. The normalized spacial score (nSPS) is 11.3. The van der Waals surface area contributed by atoms with Gasteiger partial charge in [-0.2, -0.15) is 9.78 Å². The summed E-state index contributed by atoms with van der Waals surface area (Å²) < 4.78 is 5.90. The standard InChI is InChI=1S/C14H16N10O2/c1-23(2)8-10-11(18-22-24(10)13-12(15)20-26-21-13)14(25)19-17-7-9-4-3-5-16-6-9/h3-7H,8H2,1-2H3,(H2,15,20)(H,19,25)/b17-7-. The zero-order chi connectivity index (χ0) is 18.5. The van der Waals surface area contributed by atoms with Crippen molar-refractivity contribution in [3.05, 3.63) is 41.5 Å². The third kappa shape index (κ3) is 3.70. The van der Waals surface area contributed by atoms with E-state index in [0.717, 1.165) is 5.56 Å². The minimum absolute atomic E-state index is 0.0384. The quantitative estimate of drug-likeness (QED) is 0.437. The fraction of sp³-hybridized carbons (Fsp3) is 0.214. The Kier molecular flexibility index (Phi) is 4.94. The second-order valence-corrected chi connectivity index (χ2v) is 5.49. The molecule has 0 atom stereocenters. The van der Waals surface area contributed by atoms with Crippen LogP contribution in [-0.2, 0) is 6.54 Å². The average Bonchev–Trinajstić information content (AvgIpc) is 3.21. The van der Waals surface area contributed by atoms with Gasteiger partial charge in [0, 0.05) is 24.5 Å². The smallest absolute Gasteiger partial charge is 0.293 e. The zero-order valence-electron chi connectivity index (χ0n) is 14.1. The predicted molar refractivity (Wildman–Crippen MR) is 90.3 cm³/mol. The Bertz CT molecular complexity index is 915. The summed E-state index contributed by atoms with van der Waals surface area (Å²) in [6.45, 7) is 0.356. The van der Waals surface area contributed by atoms with Crippen LogP contribution in [0.25, 0.3) is 5.82 Å². The van der Waals surface area contributed by atoms with Crippen LogP contribution in [0.15, 0.2) is 34.3 Å². The molecule has 0 fully saturated rings. The Morgan fingerprint density at radius 1 is 1.46 bits per heavy atom. The van der Waals surface area contributed by atoms with Crippen molar-refractivity contribution in [3.63, 3.8) is 0 Å². The average molecular weight is 356 g/mol. The number of pyridine rings is 1. The molecule has 12 heteroatoms. The van der Waals surface area contributed by atoms with Crippen LogP contribution in [0.1, 0.15) is 21.7 Å². The summed E-state index contributed by atoms with van der Waals surface area (Å²) in [5.41, 5.74) is 9.41. The summed E-state index contributed by atoms with van der Waals surface area (Å²) in [6.07, 6.45) is 4.73. The van der Waals surface area contributed by atoms with Crippen LogP contribution in [0.2, 0.25) is 0 Å². The van der Waals surface area contributed by atoms with Crippen LogP contribution >= 0.6 is 0 Å². The molecule has 3 aromatic heterocycles. The first kappa shape index (κ1) is 17.2. The molecule has 0 saturated carbocycles. The van der Waals surface area contributed by atoms with E-state index in [2.05, 4.69) is 40.8 Å². The maximum absolute atomic E-state index is 12.4. The van der Waals surface area contributed by atoms with Gasteiger partial charge in [0.2, 0.25) is 11.6 Å². The molecule has 26 heavy (non-hydrogen) atoms. The van der Waals surface area contributed by atoms with Crippen molar-refractivity contribution in [2.24, 2.45) is 5.10 Å². The lowest BCUT2D eigenvalue weighted by atomic mass is 10.3. The fourth-order valence-corrected chi connectivity index (χ4v) is 2.10. The van der Waals surface area contributed by atoms with Crippen LogP contribution < -0.4 is 11.2 Å². The van der Waals surface area contributed by atoms with Crippen molar-refractivity contribution in [1.29, 1.82) is 0 Å². The predicted octanol–water partition coefficient (Wildman–Crippen LogP) is -0.547. The second-order valence-electron chi connectivity index (χ2n) is 5.49. The summed E-state index contributed by atoms with van der Waals surface area (Å²) in [6, 6.07) is 3.57. The van der Waals surface area contributed by atoms with E-state index in [4.69, 9.17) is 5.73 Å². The highest BCUT2D eigenvalue weighted by molar-refractivity contribution is 5.94. The number of carbonyl (C=O) groups excluding carboxylic acids is 1. The van der Waals surface area contributed by atoms with E-state index in [1.807, 2.05) is 19.0 Å². The number of hydrazone groups is 1. The topological polar surface area (TPSA) is 153 Å². The third-order valence-corrected chi connectivity index (χ3v) is 3.20. The molecule has 0 aromatic carbocycles. The lowest BCUT2D eigenvalue weighted by Gasteiger charge is -2.11. The van der Waals surface area contributed by atoms with Gasteiger partial charge in [0.1, 0.15) is 0 Å². The van der Waals surface area contributed by atoms with E-state index in [9.17, 15) is 4.79 Å².